The lowest BCUT2D eigenvalue weighted by Gasteiger charge is -2.45. The largest absolute Gasteiger partial charge is 0.453 e. The Labute approximate surface area is 149 Å². The van der Waals surface area contributed by atoms with E-state index in [2.05, 4.69) is 42.1 Å². The molecule has 0 aliphatic heterocycles. The van der Waals surface area contributed by atoms with Crippen molar-refractivity contribution in [1.82, 2.24) is 10.2 Å². The highest BCUT2D eigenvalue weighted by molar-refractivity contribution is 5.80. The van der Waals surface area contributed by atoms with Crippen molar-refractivity contribution in [3.8, 4) is 0 Å². The topological polar surface area (TPSA) is 58.6 Å². The van der Waals surface area contributed by atoms with Gasteiger partial charge in [0, 0.05) is 25.0 Å². The second-order valence-electron chi connectivity index (χ2n) is 7.63. The summed E-state index contributed by atoms with van der Waals surface area (Å²) in [6.45, 7) is 4.29. The van der Waals surface area contributed by atoms with Crippen LogP contribution in [0.4, 0.5) is 4.79 Å². The maximum Gasteiger partial charge on any atom is 0.407 e. The molecule has 0 saturated heterocycles. The lowest BCUT2D eigenvalue weighted by molar-refractivity contribution is -0.141. The molecule has 1 N–H and O–H groups in total. The molecule has 136 valence electrons. The van der Waals surface area contributed by atoms with Crippen molar-refractivity contribution < 1.29 is 14.3 Å². The summed E-state index contributed by atoms with van der Waals surface area (Å²) in [5.74, 6) is 0.815. The van der Waals surface area contributed by atoms with Gasteiger partial charge in [0.15, 0.2) is 0 Å². The molecule has 0 bridgehead atoms. The number of rotatable bonds is 4. The number of methoxy groups -OCH3 is 1. The summed E-state index contributed by atoms with van der Waals surface area (Å²) in [4.78, 5) is 25.7. The van der Waals surface area contributed by atoms with Crippen molar-refractivity contribution >= 4 is 12.0 Å². The van der Waals surface area contributed by atoms with Gasteiger partial charge in [0.2, 0.25) is 5.91 Å². The molecule has 1 aromatic rings. The molecular formula is C20H28N2O3. The molecule has 2 amide bonds. The molecule has 0 unspecified atom stereocenters. The van der Waals surface area contributed by atoms with Crippen LogP contribution < -0.4 is 5.32 Å². The SMILES string of the molecule is COC(=O)NC1CC(C(=O)N(C)C2CC(c3ccc(C)cc3C)C2)C1. The highest BCUT2D eigenvalue weighted by atomic mass is 16.5. The Bertz CT molecular complexity index is 661. The van der Waals surface area contributed by atoms with Crippen LogP contribution >= 0.6 is 0 Å². The molecule has 2 saturated carbocycles. The van der Waals surface area contributed by atoms with E-state index in [-0.39, 0.29) is 17.9 Å². The zero-order valence-corrected chi connectivity index (χ0v) is 15.5. The van der Waals surface area contributed by atoms with Gasteiger partial charge in [-0.05, 0) is 56.6 Å². The standard InChI is InChI=1S/C20H28N2O3/c1-12-5-6-18(13(2)7-12)14-10-17(11-14)22(3)19(23)15-8-16(9-15)21-20(24)25-4/h5-7,14-17H,8-11H2,1-4H3,(H,21,24). The minimum Gasteiger partial charge on any atom is -0.453 e. The number of benzene rings is 1. The number of carbonyl (C=O) groups is 2. The van der Waals surface area contributed by atoms with E-state index >= 15 is 0 Å². The third-order valence-corrected chi connectivity index (χ3v) is 5.87. The molecule has 2 aliphatic carbocycles. The van der Waals surface area contributed by atoms with Crippen LogP contribution in [0, 0.1) is 19.8 Å². The first-order valence-corrected chi connectivity index (χ1v) is 9.07. The normalized spacial score (nSPS) is 27.7. The number of ether oxygens (including phenoxy) is 1. The molecule has 5 nitrogen and oxygen atoms in total. The molecule has 0 spiro atoms. The minimum absolute atomic E-state index is 0.0346. The van der Waals surface area contributed by atoms with Crippen molar-refractivity contribution in [3.63, 3.8) is 0 Å². The van der Waals surface area contributed by atoms with Crippen LogP contribution in [-0.2, 0) is 9.53 Å². The summed E-state index contributed by atoms with van der Waals surface area (Å²) in [6.07, 6.45) is 3.10. The third-order valence-electron chi connectivity index (χ3n) is 5.87. The third kappa shape index (κ3) is 3.65. The van der Waals surface area contributed by atoms with Crippen LogP contribution in [0.1, 0.15) is 48.3 Å². The minimum atomic E-state index is -0.417. The van der Waals surface area contributed by atoms with Gasteiger partial charge in [0.25, 0.3) is 0 Å². The first kappa shape index (κ1) is 17.8. The molecule has 0 heterocycles. The maximum absolute atomic E-state index is 12.6. The van der Waals surface area contributed by atoms with Gasteiger partial charge in [-0.15, -0.1) is 0 Å². The number of aryl methyl sites for hydroxylation is 2. The van der Waals surface area contributed by atoms with Gasteiger partial charge in [-0.25, -0.2) is 4.79 Å². The van der Waals surface area contributed by atoms with Crippen LogP contribution in [0.25, 0.3) is 0 Å². The van der Waals surface area contributed by atoms with E-state index < -0.39 is 6.09 Å². The Kier molecular flexibility index (Phi) is 5.02. The molecule has 3 rings (SSSR count). The number of nitrogens with zero attached hydrogens (tertiary/aromatic N) is 1. The van der Waals surface area contributed by atoms with Crippen LogP contribution in [0.3, 0.4) is 0 Å². The highest BCUT2D eigenvalue weighted by Crippen LogP contribution is 2.42. The van der Waals surface area contributed by atoms with Crippen LogP contribution in [0.15, 0.2) is 18.2 Å². The number of hydrogen-bond acceptors (Lipinski definition) is 3. The molecule has 0 radical (unpaired) electrons. The van der Waals surface area contributed by atoms with Crippen molar-refractivity contribution in [1.29, 1.82) is 0 Å². The smallest absolute Gasteiger partial charge is 0.407 e. The molecule has 2 aliphatic rings. The van der Waals surface area contributed by atoms with Crippen LogP contribution in [-0.4, -0.2) is 43.1 Å². The zero-order valence-electron chi connectivity index (χ0n) is 15.5. The van der Waals surface area contributed by atoms with Gasteiger partial charge >= 0.3 is 6.09 Å². The molecule has 5 heteroatoms. The lowest BCUT2D eigenvalue weighted by Crippen LogP contribution is -2.53. The van der Waals surface area contributed by atoms with Crippen molar-refractivity contribution in [2.75, 3.05) is 14.2 Å². The second kappa shape index (κ2) is 7.06. The predicted octanol–water partition coefficient (Wildman–Crippen LogP) is 3.14. The Morgan fingerprint density at radius 3 is 2.44 bits per heavy atom. The Balaban J connectivity index is 1.47. The van der Waals surface area contributed by atoms with Gasteiger partial charge in [-0.1, -0.05) is 23.8 Å². The van der Waals surface area contributed by atoms with E-state index in [0.29, 0.717) is 24.8 Å². The molecule has 25 heavy (non-hydrogen) atoms. The first-order chi connectivity index (χ1) is 11.9. The van der Waals surface area contributed by atoms with E-state index in [0.717, 1.165) is 12.8 Å². The van der Waals surface area contributed by atoms with Gasteiger partial charge in [0.1, 0.15) is 0 Å². The van der Waals surface area contributed by atoms with Crippen molar-refractivity contribution in [3.05, 3.63) is 34.9 Å². The lowest BCUT2D eigenvalue weighted by atomic mass is 9.72. The maximum atomic E-state index is 12.6. The Morgan fingerprint density at radius 1 is 1.16 bits per heavy atom. The van der Waals surface area contributed by atoms with Gasteiger partial charge in [-0.3, -0.25) is 4.79 Å². The van der Waals surface area contributed by atoms with Crippen molar-refractivity contribution in [2.45, 2.75) is 57.5 Å². The van der Waals surface area contributed by atoms with E-state index in [9.17, 15) is 9.59 Å². The van der Waals surface area contributed by atoms with E-state index in [4.69, 9.17) is 0 Å². The van der Waals surface area contributed by atoms with Crippen molar-refractivity contribution in [2.24, 2.45) is 5.92 Å². The molecule has 0 aromatic heterocycles. The molecular weight excluding hydrogens is 316 g/mol. The summed E-state index contributed by atoms with van der Waals surface area (Å²) in [6, 6.07) is 7.06. The van der Waals surface area contributed by atoms with Gasteiger partial charge < -0.3 is 15.0 Å². The number of carbonyl (C=O) groups excluding carboxylic acids is 2. The van der Waals surface area contributed by atoms with E-state index in [1.54, 1.807) is 0 Å². The predicted molar refractivity (Wildman–Crippen MR) is 96.5 cm³/mol. The van der Waals surface area contributed by atoms with Gasteiger partial charge in [-0.2, -0.15) is 0 Å². The number of amides is 2. The summed E-state index contributed by atoms with van der Waals surface area (Å²) in [7, 11) is 3.28. The Morgan fingerprint density at radius 2 is 1.84 bits per heavy atom. The molecule has 2 fully saturated rings. The van der Waals surface area contributed by atoms with Crippen LogP contribution in [0.2, 0.25) is 0 Å². The fourth-order valence-corrected chi connectivity index (χ4v) is 4.07. The monoisotopic (exact) mass is 344 g/mol. The zero-order chi connectivity index (χ0) is 18.1. The van der Waals surface area contributed by atoms with Crippen LogP contribution in [0.5, 0.6) is 0 Å². The fraction of sp³-hybridized carbons (Fsp3) is 0.600. The van der Waals surface area contributed by atoms with E-state index in [1.807, 2.05) is 11.9 Å². The number of nitrogens with one attached hydrogen (secondary N) is 1. The fourth-order valence-electron chi connectivity index (χ4n) is 4.07. The summed E-state index contributed by atoms with van der Waals surface area (Å²) in [5, 5.41) is 2.75. The molecule has 0 atom stereocenters. The number of hydrogen-bond donors (Lipinski definition) is 1. The average Bonchev–Trinajstić information content (AvgIpc) is 2.49. The first-order valence-electron chi connectivity index (χ1n) is 9.07. The Hall–Kier alpha value is -2.04. The average molecular weight is 344 g/mol. The van der Waals surface area contributed by atoms with E-state index in [1.165, 1.54) is 23.8 Å². The molecule has 1 aromatic carbocycles. The van der Waals surface area contributed by atoms with Gasteiger partial charge in [0.05, 0.1) is 7.11 Å². The second-order valence-corrected chi connectivity index (χ2v) is 7.63. The summed E-state index contributed by atoms with van der Waals surface area (Å²) >= 11 is 0. The quantitative estimate of drug-likeness (QED) is 0.913. The summed E-state index contributed by atoms with van der Waals surface area (Å²) < 4.78 is 4.59. The number of alkyl carbamates (subject to hydrolysis) is 1. The highest BCUT2D eigenvalue weighted by Gasteiger charge is 2.41. The summed E-state index contributed by atoms with van der Waals surface area (Å²) in [5.41, 5.74) is 4.08.